The Hall–Kier alpha value is -2.21. The average molecular weight is 364 g/mol. The van der Waals surface area contributed by atoms with Gasteiger partial charge in [0.15, 0.2) is 0 Å². The number of nitrogens with zero attached hydrogens (tertiary/aromatic N) is 2. The fraction of sp³-hybridized carbons (Fsp3) is 0.400. The molecule has 0 aliphatic carbocycles. The number of halogens is 3. The highest BCUT2D eigenvalue weighted by molar-refractivity contribution is 5.49. The minimum atomic E-state index is -4.31. The van der Waals surface area contributed by atoms with Crippen molar-refractivity contribution in [2.24, 2.45) is 0 Å². The Morgan fingerprint density at radius 3 is 2.35 bits per heavy atom. The normalized spacial score (nSPS) is 16.4. The van der Waals surface area contributed by atoms with Crippen LogP contribution in [0.4, 0.5) is 18.9 Å². The molecule has 0 N–H and O–H groups in total. The van der Waals surface area contributed by atoms with Crippen molar-refractivity contribution < 1.29 is 17.9 Å². The molecule has 3 nitrogen and oxygen atoms in total. The number of rotatable bonds is 4. The SMILES string of the molecule is COc1ccc(N2CCCN(Cc3ccccc3C(F)(F)F)CC2)cc1. The van der Waals surface area contributed by atoms with E-state index in [-0.39, 0.29) is 0 Å². The second kappa shape index (κ2) is 7.99. The van der Waals surface area contributed by atoms with Crippen LogP contribution in [-0.2, 0) is 12.7 Å². The van der Waals surface area contributed by atoms with Crippen LogP contribution < -0.4 is 9.64 Å². The van der Waals surface area contributed by atoms with Crippen molar-refractivity contribution in [3.05, 3.63) is 59.7 Å². The third-order valence-corrected chi connectivity index (χ3v) is 4.74. The summed E-state index contributed by atoms with van der Waals surface area (Å²) in [5.41, 5.74) is 0.928. The average Bonchev–Trinajstić information content (AvgIpc) is 2.87. The van der Waals surface area contributed by atoms with Crippen LogP contribution in [-0.4, -0.2) is 38.2 Å². The van der Waals surface area contributed by atoms with Crippen molar-refractivity contribution in [3.8, 4) is 5.75 Å². The molecule has 2 aromatic carbocycles. The summed E-state index contributed by atoms with van der Waals surface area (Å²) >= 11 is 0. The lowest BCUT2D eigenvalue weighted by Gasteiger charge is -2.24. The second-order valence-corrected chi connectivity index (χ2v) is 6.47. The third kappa shape index (κ3) is 4.49. The molecule has 26 heavy (non-hydrogen) atoms. The van der Waals surface area contributed by atoms with Crippen molar-refractivity contribution in [3.63, 3.8) is 0 Å². The van der Waals surface area contributed by atoms with E-state index in [4.69, 9.17) is 4.74 Å². The van der Waals surface area contributed by atoms with Gasteiger partial charge in [0.05, 0.1) is 12.7 Å². The summed E-state index contributed by atoms with van der Waals surface area (Å²) in [6.45, 7) is 3.54. The highest BCUT2D eigenvalue weighted by atomic mass is 19.4. The van der Waals surface area contributed by atoms with Gasteiger partial charge in [-0.05, 0) is 42.3 Å². The van der Waals surface area contributed by atoms with E-state index in [0.717, 1.165) is 50.1 Å². The van der Waals surface area contributed by atoms with Crippen molar-refractivity contribution >= 4 is 5.69 Å². The van der Waals surface area contributed by atoms with Crippen molar-refractivity contribution in [2.45, 2.75) is 19.1 Å². The summed E-state index contributed by atoms with van der Waals surface area (Å²) in [6.07, 6.45) is -3.39. The van der Waals surface area contributed by atoms with Crippen molar-refractivity contribution in [1.29, 1.82) is 0 Å². The summed E-state index contributed by atoms with van der Waals surface area (Å²) < 4.78 is 44.8. The largest absolute Gasteiger partial charge is 0.497 e. The van der Waals surface area contributed by atoms with Crippen LogP contribution in [0.1, 0.15) is 17.5 Å². The zero-order valence-corrected chi connectivity index (χ0v) is 14.8. The van der Waals surface area contributed by atoms with E-state index >= 15 is 0 Å². The third-order valence-electron chi connectivity index (χ3n) is 4.74. The molecule has 1 aliphatic rings. The van der Waals surface area contributed by atoms with Crippen LogP contribution in [0.2, 0.25) is 0 Å². The predicted octanol–water partition coefficient (Wildman–Crippen LogP) is 4.43. The summed E-state index contributed by atoms with van der Waals surface area (Å²) in [6, 6.07) is 13.8. The van der Waals surface area contributed by atoms with Gasteiger partial charge in [-0.15, -0.1) is 0 Å². The van der Waals surface area contributed by atoms with Gasteiger partial charge in [-0.2, -0.15) is 13.2 Å². The maximum Gasteiger partial charge on any atom is 0.416 e. The molecular weight excluding hydrogens is 341 g/mol. The molecule has 1 fully saturated rings. The molecule has 0 unspecified atom stereocenters. The molecule has 1 heterocycles. The molecule has 0 bridgehead atoms. The van der Waals surface area contributed by atoms with Gasteiger partial charge in [-0.3, -0.25) is 4.90 Å². The zero-order chi connectivity index (χ0) is 18.6. The zero-order valence-electron chi connectivity index (χ0n) is 14.8. The first-order chi connectivity index (χ1) is 12.5. The highest BCUT2D eigenvalue weighted by Gasteiger charge is 2.33. The molecule has 0 spiro atoms. The summed E-state index contributed by atoms with van der Waals surface area (Å²) in [5, 5.41) is 0. The minimum absolute atomic E-state index is 0.326. The maximum atomic E-state index is 13.2. The number of methoxy groups -OCH3 is 1. The topological polar surface area (TPSA) is 15.7 Å². The van der Waals surface area contributed by atoms with Gasteiger partial charge in [-0.1, -0.05) is 18.2 Å². The Kier molecular flexibility index (Phi) is 5.71. The predicted molar refractivity (Wildman–Crippen MR) is 96.5 cm³/mol. The molecule has 0 amide bonds. The molecule has 0 saturated carbocycles. The van der Waals surface area contributed by atoms with E-state index in [9.17, 15) is 13.2 Å². The fourth-order valence-electron chi connectivity index (χ4n) is 3.36. The number of hydrogen-bond donors (Lipinski definition) is 0. The molecular formula is C20H23F3N2O. The Morgan fingerprint density at radius 1 is 0.923 bits per heavy atom. The van der Waals surface area contributed by atoms with Gasteiger partial charge in [0.1, 0.15) is 5.75 Å². The van der Waals surface area contributed by atoms with Crippen molar-refractivity contribution in [2.75, 3.05) is 38.2 Å². The number of anilines is 1. The molecule has 1 aliphatic heterocycles. The van der Waals surface area contributed by atoms with Crippen LogP contribution >= 0.6 is 0 Å². The minimum Gasteiger partial charge on any atom is -0.497 e. The lowest BCUT2D eigenvalue weighted by atomic mass is 10.1. The van der Waals surface area contributed by atoms with Gasteiger partial charge in [0.2, 0.25) is 0 Å². The lowest BCUT2D eigenvalue weighted by Crippen LogP contribution is -2.31. The number of alkyl halides is 3. The molecule has 1 saturated heterocycles. The second-order valence-electron chi connectivity index (χ2n) is 6.47. The van der Waals surface area contributed by atoms with Gasteiger partial charge in [0.25, 0.3) is 0 Å². The van der Waals surface area contributed by atoms with Crippen LogP contribution in [0, 0.1) is 0 Å². The lowest BCUT2D eigenvalue weighted by molar-refractivity contribution is -0.138. The first-order valence-corrected chi connectivity index (χ1v) is 8.74. The van der Waals surface area contributed by atoms with Crippen LogP contribution in [0.25, 0.3) is 0 Å². The monoisotopic (exact) mass is 364 g/mol. The smallest absolute Gasteiger partial charge is 0.416 e. The molecule has 3 rings (SSSR count). The first kappa shape index (κ1) is 18.6. The van der Waals surface area contributed by atoms with Crippen molar-refractivity contribution in [1.82, 2.24) is 4.90 Å². The Balaban J connectivity index is 1.66. The molecule has 2 aromatic rings. The van der Waals surface area contributed by atoms with Crippen LogP contribution in [0.5, 0.6) is 5.75 Å². The van der Waals surface area contributed by atoms with E-state index in [0.29, 0.717) is 12.1 Å². The van der Waals surface area contributed by atoms with E-state index in [1.807, 2.05) is 24.3 Å². The summed E-state index contributed by atoms with van der Waals surface area (Å²) in [7, 11) is 1.64. The van der Waals surface area contributed by atoms with Gasteiger partial charge in [-0.25, -0.2) is 0 Å². The highest BCUT2D eigenvalue weighted by Crippen LogP contribution is 2.32. The maximum absolute atomic E-state index is 13.2. The van der Waals surface area contributed by atoms with E-state index in [1.165, 1.54) is 6.07 Å². The van der Waals surface area contributed by atoms with Crippen LogP contribution in [0.15, 0.2) is 48.5 Å². The fourth-order valence-corrected chi connectivity index (χ4v) is 3.36. The molecule has 0 atom stereocenters. The van der Waals surface area contributed by atoms with Crippen LogP contribution in [0.3, 0.4) is 0 Å². The molecule has 6 heteroatoms. The Bertz CT molecular complexity index is 716. The van der Waals surface area contributed by atoms with Gasteiger partial charge >= 0.3 is 6.18 Å². The Morgan fingerprint density at radius 2 is 1.65 bits per heavy atom. The number of ether oxygens (including phenoxy) is 1. The van der Waals surface area contributed by atoms with E-state index < -0.39 is 11.7 Å². The van der Waals surface area contributed by atoms with Gasteiger partial charge in [0, 0.05) is 38.4 Å². The molecule has 0 radical (unpaired) electrons. The quantitative estimate of drug-likeness (QED) is 0.798. The first-order valence-electron chi connectivity index (χ1n) is 8.74. The van der Waals surface area contributed by atoms with E-state index in [2.05, 4.69) is 9.80 Å². The van der Waals surface area contributed by atoms with E-state index in [1.54, 1.807) is 19.2 Å². The van der Waals surface area contributed by atoms with Gasteiger partial charge < -0.3 is 9.64 Å². The Labute approximate surface area is 152 Å². The number of hydrogen-bond acceptors (Lipinski definition) is 3. The summed E-state index contributed by atoms with van der Waals surface area (Å²) in [4.78, 5) is 4.38. The number of benzene rings is 2. The summed E-state index contributed by atoms with van der Waals surface area (Å²) in [5.74, 6) is 0.814. The standard InChI is InChI=1S/C20H23F3N2O/c1-26-18-9-7-17(8-10-18)25-12-4-11-24(13-14-25)15-16-5-2-3-6-19(16)20(21,22)23/h2-3,5-10H,4,11-15H2,1H3. The molecule has 140 valence electrons. The molecule has 0 aromatic heterocycles.